The highest BCUT2D eigenvalue weighted by atomic mass is 31.2. The van der Waals surface area contributed by atoms with Crippen molar-refractivity contribution in [2.45, 2.75) is 238 Å². The number of phosphoric acid groups is 1. The normalized spacial score (nSPS) is 13.6. The van der Waals surface area contributed by atoms with E-state index in [1.165, 1.54) is 128 Å². The third-order valence-electron chi connectivity index (χ3n) is 10.5. The number of hydrogen-bond donors (Lipinski definition) is 1. The summed E-state index contributed by atoms with van der Waals surface area (Å²) in [6.45, 7) is 3.87. The van der Waals surface area contributed by atoms with E-state index in [1.807, 2.05) is 0 Å². The predicted molar refractivity (Wildman–Crippen MR) is 249 cm³/mol. The second-order valence-corrected chi connectivity index (χ2v) is 17.8. The van der Waals surface area contributed by atoms with E-state index < -0.39 is 26.5 Å². The van der Waals surface area contributed by atoms with Gasteiger partial charge in [-0.2, -0.15) is 0 Å². The standard InChI is InChI=1S/C50H91O8P/c1-4-6-8-10-12-14-16-18-20-22-24-25-27-28-30-32-34-36-38-40-42-44-49(51)56-46-48(47-57-59(53,54)55-3)58-50(52)45-43-41-39-37-35-33-31-29-26-23-21-19-17-15-13-11-9-7-5-2/h13,15,19,21-22,24,26,29,48H,4-12,14,16-18,20,23,25,27-28,30-47H2,1-3H3,(H,53,54)/b15-13-,21-19-,24-22-,29-26-. The fourth-order valence-electron chi connectivity index (χ4n) is 6.78. The smallest absolute Gasteiger partial charge is 0.462 e. The van der Waals surface area contributed by atoms with Crippen LogP contribution in [0.5, 0.6) is 0 Å². The molecule has 0 saturated carbocycles. The highest BCUT2D eigenvalue weighted by molar-refractivity contribution is 7.47. The molecule has 0 heterocycles. The highest BCUT2D eigenvalue weighted by Gasteiger charge is 2.24. The topological polar surface area (TPSA) is 108 Å². The van der Waals surface area contributed by atoms with Crippen molar-refractivity contribution in [3.63, 3.8) is 0 Å². The van der Waals surface area contributed by atoms with Gasteiger partial charge in [0.15, 0.2) is 6.10 Å². The number of allylic oxidation sites excluding steroid dienone is 8. The van der Waals surface area contributed by atoms with Crippen LogP contribution in [0, 0.1) is 0 Å². The molecule has 0 aliphatic rings. The van der Waals surface area contributed by atoms with Crippen molar-refractivity contribution < 1.29 is 37.6 Å². The molecule has 0 spiro atoms. The lowest BCUT2D eigenvalue weighted by molar-refractivity contribution is -0.161. The molecule has 0 aliphatic heterocycles. The molecular formula is C50H91O8P. The predicted octanol–water partition coefficient (Wildman–Crippen LogP) is 15.7. The van der Waals surface area contributed by atoms with Crippen LogP contribution in [0.2, 0.25) is 0 Å². The zero-order valence-corrected chi connectivity index (χ0v) is 39.3. The van der Waals surface area contributed by atoms with Gasteiger partial charge in [-0.05, 0) is 77.0 Å². The Hall–Kier alpha value is -1.99. The number of carbonyl (C=O) groups excluding carboxylic acids is 2. The van der Waals surface area contributed by atoms with E-state index in [-0.39, 0.29) is 25.4 Å². The van der Waals surface area contributed by atoms with Crippen LogP contribution >= 0.6 is 7.82 Å². The molecular weight excluding hydrogens is 760 g/mol. The van der Waals surface area contributed by atoms with Crippen molar-refractivity contribution in [3.8, 4) is 0 Å². The summed E-state index contributed by atoms with van der Waals surface area (Å²) in [5, 5.41) is 0. The van der Waals surface area contributed by atoms with Crippen LogP contribution in [0.1, 0.15) is 232 Å². The van der Waals surface area contributed by atoms with Crippen molar-refractivity contribution in [2.24, 2.45) is 0 Å². The summed E-state index contributed by atoms with van der Waals surface area (Å²) >= 11 is 0. The third kappa shape index (κ3) is 45.4. The summed E-state index contributed by atoms with van der Waals surface area (Å²) in [7, 11) is -3.21. The van der Waals surface area contributed by atoms with Gasteiger partial charge in [-0.1, -0.05) is 191 Å². The van der Waals surface area contributed by atoms with E-state index in [0.717, 1.165) is 77.7 Å². The van der Waals surface area contributed by atoms with Crippen LogP contribution in [0.15, 0.2) is 48.6 Å². The minimum absolute atomic E-state index is 0.229. The van der Waals surface area contributed by atoms with Crippen molar-refractivity contribution in [2.75, 3.05) is 20.3 Å². The Kier molecular flexibility index (Phi) is 44.0. The lowest BCUT2D eigenvalue weighted by Crippen LogP contribution is -2.29. The quantitative estimate of drug-likeness (QED) is 0.0279. The molecule has 0 saturated heterocycles. The molecule has 0 aliphatic carbocycles. The number of rotatable bonds is 45. The maximum Gasteiger partial charge on any atom is 0.472 e. The molecule has 0 fully saturated rings. The number of ether oxygens (including phenoxy) is 2. The number of unbranched alkanes of at least 4 members (excludes halogenated alkanes) is 26. The lowest BCUT2D eigenvalue weighted by Gasteiger charge is -2.19. The summed E-state index contributed by atoms with van der Waals surface area (Å²) in [6, 6.07) is 0. The molecule has 0 amide bonds. The maximum atomic E-state index is 12.5. The van der Waals surface area contributed by atoms with Gasteiger partial charge in [0.25, 0.3) is 0 Å². The number of esters is 2. The van der Waals surface area contributed by atoms with Crippen LogP contribution in [-0.2, 0) is 32.7 Å². The first-order valence-corrected chi connectivity index (χ1v) is 25.8. The molecule has 0 aromatic heterocycles. The SMILES string of the molecule is CCCCC/C=C\C/C=C\C/C=C\CCCCCCCCC(=O)OC(COC(=O)CCCCCCCCCCC/C=C\CCCCCCCCCC)COP(=O)(O)OC. The summed E-state index contributed by atoms with van der Waals surface area (Å²) in [5.41, 5.74) is 0. The molecule has 0 aromatic carbocycles. The molecule has 344 valence electrons. The molecule has 1 N–H and O–H groups in total. The first-order valence-electron chi connectivity index (χ1n) is 24.3. The van der Waals surface area contributed by atoms with Gasteiger partial charge >= 0.3 is 19.8 Å². The zero-order chi connectivity index (χ0) is 43.2. The number of phosphoric ester groups is 1. The van der Waals surface area contributed by atoms with Gasteiger partial charge < -0.3 is 14.4 Å². The van der Waals surface area contributed by atoms with Crippen LogP contribution < -0.4 is 0 Å². The summed E-state index contributed by atoms with van der Waals surface area (Å²) in [4.78, 5) is 34.6. The summed E-state index contributed by atoms with van der Waals surface area (Å²) in [6.07, 6.45) is 55.9. The maximum absolute atomic E-state index is 12.5. The zero-order valence-electron chi connectivity index (χ0n) is 38.4. The van der Waals surface area contributed by atoms with Crippen molar-refractivity contribution in [3.05, 3.63) is 48.6 Å². The van der Waals surface area contributed by atoms with Gasteiger partial charge in [-0.25, -0.2) is 4.57 Å². The Morgan fingerprint density at radius 2 is 0.814 bits per heavy atom. The largest absolute Gasteiger partial charge is 0.472 e. The Labute approximate surface area is 363 Å². The third-order valence-corrected chi connectivity index (χ3v) is 11.5. The fraction of sp³-hybridized carbons (Fsp3) is 0.800. The molecule has 9 heteroatoms. The minimum Gasteiger partial charge on any atom is -0.462 e. The average molecular weight is 851 g/mol. The molecule has 0 radical (unpaired) electrons. The molecule has 8 nitrogen and oxygen atoms in total. The Morgan fingerprint density at radius 1 is 0.475 bits per heavy atom. The molecule has 2 atom stereocenters. The monoisotopic (exact) mass is 851 g/mol. The second kappa shape index (κ2) is 45.5. The highest BCUT2D eigenvalue weighted by Crippen LogP contribution is 2.42. The fourth-order valence-corrected chi connectivity index (χ4v) is 7.24. The van der Waals surface area contributed by atoms with Gasteiger partial charge in [-0.3, -0.25) is 18.6 Å². The van der Waals surface area contributed by atoms with Gasteiger partial charge in [0, 0.05) is 20.0 Å². The van der Waals surface area contributed by atoms with Crippen molar-refractivity contribution in [1.82, 2.24) is 0 Å². The van der Waals surface area contributed by atoms with Crippen LogP contribution in [-0.4, -0.2) is 43.3 Å². The minimum atomic E-state index is -4.27. The molecule has 0 aromatic rings. The van der Waals surface area contributed by atoms with Gasteiger partial charge in [0.1, 0.15) is 6.61 Å². The Bertz CT molecular complexity index is 1100. The Balaban J connectivity index is 3.95. The van der Waals surface area contributed by atoms with E-state index in [9.17, 15) is 19.0 Å². The summed E-state index contributed by atoms with van der Waals surface area (Å²) in [5.74, 6) is -0.816. The van der Waals surface area contributed by atoms with Crippen LogP contribution in [0.4, 0.5) is 0 Å². The van der Waals surface area contributed by atoms with Crippen molar-refractivity contribution >= 4 is 19.8 Å². The van der Waals surface area contributed by atoms with Crippen LogP contribution in [0.3, 0.4) is 0 Å². The molecule has 2 unspecified atom stereocenters. The lowest BCUT2D eigenvalue weighted by atomic mass is 10.1. The second-order valence-electron chi connectivity index (χ2n) is 16.2. The van der Waals surface area contributed by atoms with E-state index in [1.54, 1.807) is 0 Å². The Morgan fingerprint density at radius 3 is 1.25 bits per heavy atom. The van der Waals surface area contributed by atoms with E-state index >= 15 is 0 Å². The van der Waals surface area contributed by atoms with Crippen LogP contribution in [0.25, 0.3) is 0 Å². The van der Waals surface area contributed by atoms with E-state index in [4.69, 9.17) is 14.0 Å². The van der Waals surface area contributed by atoms with Crippen molar-refractivity contribution in [1.29, 1.82) is 0 Å². The van der Waals surface area contributed by atoms with Gasteiger partial charge in [-0.15, -0.1) is 0 Å². The average Bonchev–Trinajstić information content (AvgIpc) is 3.23. The molecule has 59 heavy (non-hydrogen) atoms. The summed E-state index contributed by atoms with van der Waals surface area (Å²) < 4.78 is 32.1. The van der Waals surface area contributed by atoms with E-state index in [2.05, 4.69) is 67.0 Å². The number of carbonyl (C=O) groups is 2. The van der Waals surface area contributed by atoms with E-state index in [0.29, 0.717) is 6.42 Å². The molecule has 0 rings (SSSR count). The first kappa shape index (κ1) is 57.0. The first-order chi connectivity index (χ1) is 28.8. The number of hydrogen-bond acceptors (Lipinski definition) is 7. The molecule has 0 bridgehead atoms. The van der Waals surface area contributed by atoms with Gasteiger partial charge in [0.2, 0.25) is 0 Å². The van der Waals surface area contributed by atoms with Gasteiger partial charge in [0.05, 0.1) is 6.61 Å².